The first-order chi connectivity index (χ1) is 18.5. The molecule has 4 aromatic rings. The number of fused-ring (bicyclic) bond motifs is 1. The summed E-state index contributed by atoms with van der Waals surface area (Å²) < 4.78 is 65.3. The molecule has 1 aliphatic heterocycles. The standard InChI is InChI=1S/C24H23F3N8O3S/c25-24(26,27)20-5-1-3-17(30-20)22-31-23(19-4-2-8-35(19)32-22)34(18-6-7-29-15-16(18)21(28)36)10-9-33-11-13-39(37,38)14-12-33/h1-8,15H,9-14H2,(H2,28,36). The minimum Gasteiger partial charge on any atom is -0.365 e. The second kappa shape index (κ2) is 10.2. The minimum absolute atomic E-state index is 0.0383. The molecule has 0 bridgehead atoms. The molecule has 1 saturated heterocycles. The largest absolute Gasteiger partial charge is 0.433 e. The third-order valence-electron chi connectivity index (χ3n) is 6.33. The number of amides is 1. The van der Waals surface area contributed by atoms with Crippen LogP contribution in [-0.2, 0) is 16.0 Å². The van der Waals surface area contributed by atoms with Crippen LogP contribution in [0.15, 0.2) is 55.0 Å². The van der Waals surface area contributed by atoms with Crippen molar-refractivity contribution >= 4 is 32.8 Å². The molecule has 2 N–H and O–H groups in total. The van der Waals surface area contributed by atoms with Crippen molar-refractivity contribution in [3.8, 4) is 11.5 Å². The molecule has 11 nitrogen and oxygen atoms in total. The monoisotopic (exact) mass is 560 g/mol. The van der Waals surface area contributed by atoms with Crippen molar-refractivity contribution < 1.29 is 26.4 Å². The molecule has 0 unspecified atom stereocenters. The molecular formula is C24H23F3N8O3S. The predicted octanol–water partition coefficient (Wildman–Crippen LogP) is 2.17. The molecular weight excluding hydrogens is 537 g/mol. The summed E-state index contributed by atoms with van der Waals surface area (Å²) >= 11 is 0. The van der Waals surface area contributed by atoms with Crippen LogP contribution >= 0.6 is 0 Å². The van der Waals surface area contributed by atoms with Crippen LogP contribution in [0.5, 0.6) is 0 Å². The predicted molar refractivity (Wildman–Crippen MR) is 136 cm³/mol. The number of aromatic nitrogens is 5. The molecule has 5 rings (SSSR count). The minimum atomic E-state index is -4.65. The van der Waals surface area contributed by atoms with Gasteiger partial charge in [0.25, 0.3) is 5.91 Å². The lowest BCUT2D eigenvalue weighted by molar-refractivity contribution is -0.141. The number of nitrogens with two attached hydrogens (primary N) is 1. The number of rotatable bonds is 7. The Balaban J connectivity index is 1.61. The van der Waals surface area contributed by atoms with E-state index in [1.165, 1.54) is 29.0 Å². The van der Waals surface area contributed by atoms with Gasteiger partial charge in [0, 0.05) is 44.8 Å². The summed E-state index contributed by atoms with van der Waals surface area (Å²) in [4.78, 5) is 28.3. The molecule has 0 saturated carbocycles. The van der Waals surface area contributed by atoms with E-state index in [1.807, 2.05) is 4.90 Å². The highest BCUT2D eigenvalue weighted by atomic mass is 32.2. The van der Waals surface area contributed by atoms with Crippen LogP contribution in [0.3, 0.4) is 0 Å². The second-order valence-electron chi connectivity index (χ2n) is 8.91. The molecule has 39 heavy (non-hydrogen) atoms. The maximum atomic E-state index is 13.4. The van der Waals surface area contributed by atoms with E-state index in [0.29, 0.717) is 36.7 Å². The first kappa shape index (κ1) is 26.5. The zero-order chi connectivity index (χ0) is 27.8. The van der Waals surface area contributed by atoms with E-state index in [-0.39, 0.29) is 35.1 Å². The Morgan fingerprint density at radius 1 is 1.08 bits per heavy atom. The Kier molecular flexibility index (Phi) is 6.94. The summed E-state index contributed by atoms with van der Waals surface area (Å²) in [5.41, 5.74) is 5.47. The SMILES string of the molecule is NC(=O)c1cnccc1N(CCN1CCS(=O)(=O)CC1)c1nc(-c2cccc(C(F)(F)F)n2)nn2cccc12. The molecule has 15 heteroatoms. The van der Waals surface area contributed by atoms with Gasteiger partial charge >= 0.3 is 6.18 Å². The van der Waals surface area contributed by atoms with Gasteiger partial charge in [0.1, 0.15) is 16.9 Å². The van der Waals surface area contributed by atoms with E-state index in [0.717, 1.165) is 6.07 Å². The maximum Gasteiger partial charge on any atom is 0.433 e. The third kappa shape index (κ3) is 5.68. The fraction of sp³-hybridized carbons (Fsp3) is 0.292. The van der Waals surface area contributed by atoms with Gasteiger partial charge in [-0.15, -0.1) is 5.10 Å². The number of hydrogen-bond donors (Lipinski definition) is 1. The fourth-order valence-electron chi connectivity index (χ4n) is 4.31. The van der Waals surface area contributed by atoms with Crippen molar-refractivity contribution in [1.82, 2.24) is 29.5 Å². The number of alkyl halides is 3. The lowest BCUT2D eigenvalue weighted by Gasteiger charge is -2.31. The molecule has 0 atom stereocenters. The number of anilines is 2. The summed E-state index contributed by atoms with van der Waals surface area (Å²) in [6.45, 7) is 1.35. The Morgan fingerprint density at radius 2 is 1.85 bits per heavy atom. The Labute approximate surface area is 221 Å². The van der Waals surface area contributed by atoms with Gasteiger partial charge in [0.05, 0.1) is 22.8 Å². The summed E-state index contributed by atoms with van der Waals surface area (Å²) in [5, 5.41) is 4.36. The van der Waals surface area contributed by atoms with Crippen molar-refractivity contribution in [2.24, 2.45) is 5.73 Å². The van der Waals surface area contributed by atoms with Gasteiger partial charge in [0.15, 0.2) is 15.7 Å². The first-order valence-electron chi connectivity index (χ1n) is 11.9. The van der Waals surface area contributed by atoms with Crippen LogP contribution < -0.4 is 10.6 Å². The molecule has 0 radical (unpaired) electrons. The van der Waals surface area contributed by atoms with Gasteiger partial charge in [0.2, 0.25) is 5.82 Å². The number of nitrogens with zero attached hydrogens (tertiary/aromatic N) is 7. The van der Waals surface area contributed by atoms with Crippen molar-refractivity contribution in [3.05, 3.63) is 66.2 Å². The molecule has 0 spiro atoms. The highest BCUT2D eigenvalue weighted by molar-refractivity contribution is 7.91. The number of carbonyl (C=O) groups is 1. The zero-order valence-electron chi connectivity index (χ0n) is 20.4. The lowest BCUT2D eigenvalue weighted by Crippen LogP contribution is -2.43. The van der Waals surface area contributed by atoms with E-state index >= 15 is 0 Å². The molecule has 204 valence electrons. The van der Waals surface area contributed by atoms with Gasteiger partial charge in [-0.05, 0) is 30.3 Å². The van der Waals surface area contributed by atoms with E-state index in [9.17, 15) is 26.4 Å². The molecule has 0 aromatic carbocycles. The summed E-state index contributed by atoms with van der Waals surface area (Å²) in [7, 11) is -3.08. The van der Waals surface area contributed by atoms with Gasteiger partial charge in [-0.2, -0.15) is 13.2 Å². The van der Waals surface area contributed by atoms with Crippen molar-refractivity contribution in [2.45, 2.75) is 6.18 Å². The fourth-order valence-corrected chi connectivity index (χ4v) is 5.59. The number of hydrogen-bond acceptors (Lipinski definition) is 9. The summed E-state index contributed by atoms with van der Waals surface area (Å²) in [6, 6.07) is 8.48. The number of primary amides is 1. The summed E-state index contributed by atoms with van der Waals surface area (Å²) in [5.74, 6) is -0.425. The molecule has 1 aliphatic rings. The van der Waals surface area contributed by atoms with Crippen molar-refractivity contribution in [1.29, 1.82) is 0 Å². The average Bonchev–Trinajstić information content (AvgIpc) is 3.38. The van der Waals surface area contributed by atoms with E-state index in [2.05, 4.69) is 20.1 Å². The topological polar surface area (TPSA) is 140 Å². The van der Waals surface area contributed by atoms with Crippen LogP contribution in [0, 0.1) is 0 Å². The van der Waals surface area contributed by atoms with Crippen LogP contribution in [0.1, 0.15) is 16.1 Å². The molecule has 4 aromatic heterocycles. The van der Waals surface area contributed by atoms with Crippen LogP contribution in [0.25, 0.3) is 17.0 Å². The normalized spacial score (nSPS) is 15.9. The average molecular weight is 561 g/mol. The zero-order valence-corrected chi connectivity index (χ0v) is 21.2. The van der Waals surface area contributed by atoms with E-state index < -0.39 is 27.6 Å². The van der Waals surface area contributed by atoms with Gasteiger partial charge < -0.3 is 10.6 Å². The van der Waals surface area contributed by atoms with E-state index in [1.54, 1.807) is 29.3 Å². The highest BCUT2D eigenvalue weighted by Gasteiger charge is 2.33. The van der Waals surface area contributed by atoms with E-state index in [4.69, 9.17) is 5.73 Å². The van der Waals surface area contributed by atoms with Gasteiger partial charge in [-0.1, -0.05) is 6.07 Å². The first-order valence-corrected chi connectivity index (χ1v) is 13.7. The smallest absolute Gasteiger partial charge is 0.365 e. The molecule has 1 fully saturated rings. The number of pyridine rings is 2. The Bertz CT molecular complexity index is 1630. The van der Waals surface area contributed by atoms with Gasteiger partial charge in [-0.25, -0.2) is 22.9 Å². The van der Waals surface area contributed by atoms with Gasteiger partial charge in [-0.3, -0.25) is 14.7 Å². The van der Waals surface area contributed by atoms with Crippen molar-refractivity contribution in [3.63, 3.8) is 0 Å². The van der Waals surface area contributed by atoms with Crippen LogP contribution in [-0.4, -0.2) is 81.5 Å². The quantitative estimate of drug-likeness (QED) is 0.360. The third-order valence-corrected chi connectivity index (χ3v) is 7.94. The van der Waals surface area contributed by atoms with Crippen LogP contribution in [0.4, 0.5) is 24.7 Å². The molecule has 5 heterocycles. The molecule has 0 aliphatic carbocycles. The Hall–Kier alpha value is -4.11. The maximum absolute atomic E-state index is 13.4. The lowest BCUT2D eigenvalue weighted by atomic mass is 10.2. The highest BCUT2D eigenvalue weighted by Crippen LogP contribution is 2.33. The second-order valence-corrected chi connectivity index (χ2v) is 11.2. The summed E-state index contributed by atoms with van der Waals surface area (Å²) in [6.07, 6.45) is -0.234. The number of halogens is 3. The number of carbonyl (C=O) groups excluding carboxylic acids is 1. The Morgan fingerprint density at radius 3 is 2.56 bits per heavy atom. The molecule has 1 amide bonds. The van der Waals surface area contributed by atoms with Crippen molar-refractivity contribution in [2.75, 3.05) is 42.6 Å². The van der Waals surface area contributed by atoms with Crippen LogP contribution in [0.2, 0.25) is 0 Å². The number of sulfone groups is 1.